The first-order chi connectivity index (χ1) is 7.94. The quantitative estimate of drug-likeness (QED) is 0.468. The molecule has 6 heteroatoms. The average molecular weight is 241 g/mol. The molecule has 1 aliphatic heterocycles. The molecule has 1 spiro atoms. The van der Waals surface area contributed by atoms with E-state index in [4.69, 9.17) is 5.73 Å². The Kier molecular flexibility index (Phi) is 3.20. The number of nitrogens with two attached hydrogens (primary N) is 1. The van der Waals surface area contributed by atoms with Crippen molar-refractivity contribution < 1.29 is 14.7 Å². The number of hydrogen-bond acceptors (Lipinski definition) is 5. The van der Waals surface area contributed by atoms with Crippen LogP contribution >= 0.6 is 0 Å². The van der Waals surface area contributed by atoms with E-state index in [1.807, 2.05) is 0 Å². The van der Waals surface area contributed by atoms with Crippen molar-refractivity contribution >= 4 is 11.7 Å². The molecule has 1 aliphatic carbocycles. The fraction of sp³-hybridized carbons (Fsp3) is 0.818. The molecule has 0 aromatic rings. The zero-order valence-corrected chi connectivity index (χ0v) is 9.90. The Morgan fingerprint density at radius 3 is 2.76 bits per heavy atom. The first-order valence-electron chi connectivity index (χ1n) is 5.96. The molecule has 0 aromatic carbocycles. The summed E-state index contributed by atoms with van der Waals surface area (Å²) in [5.41, 5.74) is 4.83. The number of aliphatic hydroxyl groups excluding tert-OH is 1. The van der Waals surface area contributed by atoms with Gasteiger partial charge in [-0.1, -0.05) is 0 Å². The van der Waals surface area contributed by atoms with Gasteiger partial charge in [-0.25, -0.2) is 0 Å². The lowest BCUT2D eigenvalue weighted by atomic mass is 9.74. The van der Waals surface area contributed by atoms with Gasteiger partial charge >= 0.3 is 0 Å². The van der Waals surface area contributed by atoms with E-state index in [-0.39, 0.29) is 17.4 Å². The monoisotopic (exact) mass is 241 g/mol. The minimum absolute atomic E-state index is 0.00588. The summed E-state index contributed by atoms with van der Waals surface area (Å²) in [5, 5.41) is 15.7. The molecule has 2 fully saturated rings. The Bertz CT molecular complexity index is 345. The van der Waals surface area contributed by atoms with Crippen LogP contribution in [0, 0.1) is 0 Å². The van der Waals surface area contributed by atoms with Gasteiger partial charge in [-0.05, 0) is 19.8 Å². The molecule has 0 aromatic heterocycles. The third kappa shape index (κ3) is 2.20. The third-order valence-electron chi connectivity index (χ3n) is 3.80. The van der Waals surface area contributed by atoms with Gasteiger partial charge in [0.2, 0.25) is 5.91 Å². The van der Waals surface area contributed by atoms with Gasteiger partial charge in [-0.15, -0.1) is 0 Å². The van der Waals surface area contributed by atoms with Crippen LogP contribution in [0.15, 0.2) is 0 Å². The molecule has 5 N–H and O–H groups in total. The minimum Gasteiger partial charge on any atom is -0.391 e. The van der Waals surface area contributed by atoms with Crippen LogP contribution in [0.4, 0.5) is 0 Å². The molecule has 1 heterocycles. The van der Waals surface area contributed by atoms with E-state index in [0.717, 1.165) is 6.42 Å². The number of ketones is 1. The standard InChI is InChI=1S/C11H19N3O3/c1-6(15)9(10(12)17)14-7-4-11(13-5-7)3-2-8(11)16/h6-7,9,13-15H,2-5H2,1H3,(H2,12,17)/t6-,7?,9+,11?/m1/s1. The lowest BCUT2D eigenvalue weighted by Crippen LogP contribution is -2.55. The average Bonchev–Trinajstić information content (AvgIpc) is 2.69. The van der Waals surface area contributed by atoms with Gasteiger partial charge in [-0.3, -0.25) is 14.9 Å². The topological polar surface area (TPSA) is 104 Å². The van der Waals surface area contributed by atoms with Crippen LogP contribution in [-0.4, -0.2) is 47.1 Å². The van der Waals surface area contributed by atoms with Gasteiger partial charge in [0, 0.05) is 19.0 Å². The van der Waals surface area contributed by atoms with E-state index in [9.17, 15) is 14.7 Å². The van der Waals surface area contributed by atoms with Crippen molar-refractivity contribution in [3.05, 3.63) is 0 Å². The predicted octanol–water partition coefficient (Wildman–Crippen LogP) is -1.73. The van der Waals surface area contributed by atoms with Gasteiger partial charge in [0.15, 0.2) is 5.78 Å². The number of aliphatic hydroxyl groups is 1. The Morgan fingerprint density at radius 2 is 2.41 bits per heavy atom. The van der Waals surface area contributed by atoms with Crippen molar-refractivity contribution in [2.24, 2.45) is 5.73 Å². The molecular weight excluding hydrogens is 222 g/mol. The van der Waals surface area contributed by atoms with Crippen LogP contribution in [0.2, 0.25) is 0 Å². The second kappa shape index (κ2) is 4.36. The number of nitrogens with one attached hydrogen (secondary N) is 2. The van der Waals surface area contributed by atoms with E-state index < -0.39 is 18.1 Å². The minimum atomic E-state index is -0.832. The second-order valence-electron chi connectivity index (χ2n) is 5.07. The highest BCUT2D eigenvalue weighted by Crippen LogP contribution is 2.35. The number of Topliss-reactive ketones (excluding diaryl/α,β-unsaturated/α-hetero) is 1. The van der Waals surface area contributed by atoms with Gasteiger partial charge in [0.25, 0.3) is 0 Å². The maximum atomic E-state index is 11.5. The summed E-state index contributed by atoms with van der Waals surface area (Å²) in [7, 11) is 0. The maximum Gasteiger partial charge on any atom is 0.237 e. The highest BCUT2D eigenvalue weighted by atomic mass is 16.3. The molecule has 4 atom stereocenters. The Labute approximate surface area is 99.9 Å². The van der Waals surface area contributed by atoms with Crippen LogP contribution in [-0.2, 0) is 9.59 Å². The summed E-state index contributed by atoms with van der Waals surface area (Å²) in [6, 6.07) is -0.751. The highest BCUT2D eigenvalue weighted by Gasteiger charge is 2.50. The molecule has 17 heavy (non-hydrogen) atoms. The number of hydrogen-bond donors (Lipinski definition) is 4. The van der Waals surface area contributed by atoms with Crippen molar-refractivity contribution in [2.75, 3.05) is 6.54 Å². The summed E-state index contributed by atoms with van der Waals surface area (Å²) in [4.78, 5) is 22.7. The lowest BCUT2D eigenvalue weighted by Gasteiger charge is -2.36. The van der Waals surface area contributed by atoms with Gasteiger partial charge in [0.1, 0.15) is 6.04 Å². The lowest BCUT2D eigenvalue weighted by molar-refractivity contribution is -0.132. The first-order valence-corrected chi connectivity index (χ1v) is 5.96. The summed E-state index contributed by atoms with van der Waals surface area (Å²) < 4.78 is 0. The molecule has 2 unspecified atom stereocenters. The van der Waals surface area contributed by atoms with Crippen LogP contribution in [0.25, 0.3) is 0 Å². The summed E-state index contributed by atoms with van der Waals surface area (Å²) in [5.74, 6) is -0.324. The van der Waals surface area contributed by atoms with Gasteiger partial charge < -0.3 is 16.2 Å². The van der Waals surface area contributed by atoms with Crippen LogP contribution in [0.3, 0.4) is 0 Å². The molecular formula is C11H19N3O3. The fourth-order valence-corrected chi connectivity index (χ4v) is 2.65. The summed E-state index contributed by atoms with van der Waals surface area (Å²) >= 11 is 0. The molecule has 0 radical (unpaired) electrons. The fourth-order valence-electron chi connectivity index (χ4n) is 2.65. The molecule has 96 valence electrons. The Hall–Kier alpha value is -0.980. The predicted molar refractivity (Wildman–Crippen MR) is 61.2 cm³/mol. The smallest absolute Gasteiger partial charge is 0.237 e. The zero-order valence-electron chi connectivity index (χ0n) is 9.90. The van der Waals surface area contributed by atoms with Crippen molar-refractivity contribution in [3.63, 3.8) is 0 Å². The number of carbonyl (C=O) groups excluding carboxylic acids is 2. The largest absolute Gasteiger partial charge is 0.391 e. The normalized spacial score (nSPS) is 35.6. The number of primary amides is 1. The molecule has 2 aliphatic rings. The van der Waals surface area contributed by atoms with Crippen LogP contribution < -0.4 is 16.4 Å². The van der Waals surface area contributed by atoms with Crippen molar-refractivity contribution in [1.82, 2.24) is 10.6 Å². The Morgan fingerprint density at radius 1 is 1.71 bits per heavy atom. The van der Waals surface area contributed by atoms with Crippen molar-refractivity contribution in [3.8, 4) is 0 Å². The zero-order chi connectivity index (χ0) is 12.6. The van der Waals surface area contributed by atoms with Gasteiger partial charge in [-0.2, -0.15) is 0 Å². The maximum absolute atomic E-state index is 11.5. The molecule has 6 nitrogen and oxygen atoms in total. The SMILES string of the molecule is C[C@@H](O)[C@H](NC1CNC2(CCC2=O)C1)C(N)=O. The molecule has 1 saturated carbocycles. The second-order valence-corrected chi connectivity index (χ2v) is 5.07. The van der Waals surface area contributed by atoms with E-state index in [1.165, 1.54) is 6.92 Å². The van der Waals surface area contributed by atoms with E-state index >= 15 is 0 Å². The molecule has 1 saturated heterocycles. The van der Waals surface area contributed by atoms with Crippen molar-refractivity contribution in [2.45, 2.75) is 49.9 Å². The molecule has 0 bridgehead atoms. The van der Waals surface area contributed by atoms with E-state index in [1.54, 1.807) is 0 Å². The third-order valence-corrected chi connectivity index (χ3v) is 3.80. The molecule has 1 amide bonds. The highest BCUT2D eigenvalue weighted by molar-refractivity contribution is 5.94. The van der Waals surface area contributed by atoms with Crippen LogP contribution in [0.5, 0.6) is 0 Å². The van der Waals surface area contributed by atoms with Gasteiger partial charge in [0.05, 0.1) is 11.6 Å². The number of carbonyl (C=O) groups is 2. The first kappa shape index (κ1) is 12.5. The number of rotatable bonds is 4. The Balaban J connectivity index is 1.93. The van der Waals surface area contributed by atoms with Crippen LogP contribution in [0.1, 0.15) is 26.2 Å². The van der Waals surface area contributed by atoms with Crippen molar-refractivity contribution in [1.29, 1.82) is 0 Å². The summed E-state index contributed by atoms with van der Waals surface area (Å²) in [6.07, 6.45) is 1.33. The van der Waals surface area contributed by atoms with E-state index in [0.29, 0.717) is 19.4 Å². The molecule has 2 rings (SSSR count). The number of amides is 1. The summed E-state index contributed by atoms with van der Waals surface area (Å²) in [6.45, 7) is 2.15. The van der Waals surface area contributed by atoms with E-state index in [2.05, 4.69) is 10.6 Å².